The molecular formula is C13H12BrClN2O2. The molecule has 0 saturated carbocycles. The monoisotopic (exact) mass is 342 g/mol. The lowest BCUT2D eigenvalue weighted by Crippen LogP contribution is -2.13. The number of hydrogen-bond donors (Lipinski definition) is 0. The van der Waals surface area contributed by atoms with E-state index in [9.17, 15) is 4.79 Å². The number of rotatable bonds is 4. The summed E-state index contributed by atoms with van der Waals surface area (Å²) in [4.78, 5) is 15.5. The Kier molecular flexibility index (Phi) is 4.61. The maximum atomic E-state index is 11.3. The van der Waals surface area contributed by atoms with E-state index in [1.807, 2.05) is 18.2 Å². The SMILES string of the molecule is COC(=O)Cn1ccnc1Cc1cc(Cl)cc(Br)c1. The van der Waals surface area contributed by atoms with Gasteiger partial charge in [-0.3, -0.25) is 4.79 Å². The minimum Gasteiger partial charge on any atom is -0.468 e. The summed E-state index contributed by atoms with van der Waals surface area (Å²) in [6.07, 6.45) is 4.02. The highest BCUT2D eigenvalue weighted by Gasteiger charge is 2.09. The molecule has 0 saturated heterocycles. The predicted octanol–water partition coefficient (Wildman–Crippen LogP) is 3.06. The van der Waals surface area contributed by atoms with Gasteiger partial charge >= 0.3 is 5.97 Å². The van der Waals surface area contributed by atoms with Crippen LogP contribution in [0.5, 0.6) is 0 Å². The third kappa shape index (κ3) is 3.81. The molecule has 100 valence electrons. The van der Waals surface area contributed by atoms with Gasteiger partial charge in [0.1, 0.15) is 12.4 Å². The molecule has 0 atom stereocenters. The first-order chi connectivity index (χ1) is 9.08. The first kappa shape index (κ1) is 14.1. The normalized spacial score (nSPS) is 10.5. The van der Waals surface area contributed by atoms with Gasteiger partial charge in [-0.2, -0.15) is 0 Å². The van der Waals surface area contributed by atoms with Crippen molar-refractivity contribution in [2.45, 2.75) is 13.0 Å². The third-order valence-electron chi connectivity index (χ3n) is 2.61. The van der Waals surface area contributed by atoms with Crippen molar-refractivity contribution in [1.29, 1.82) is 0 Å². The van der Waals surface area contributed by atoms with E-state index >= 15 is 0 Å². The Labute approximate surface area is 124 Å². The summed E-state index contributed by atoms with van der Waals surface area (Å²) in [5.74, 6) is 0.492. The Hall–Kier alpha value is -1.33. The van der Waals surface area contributed by atoms with E-state index in [-0.39, 0.29) is 12.5 Å². The molecule has 0 radical (unpaired) electrons. The van der Waals surface area contributed by atoms with Gasteiger partial charge in [0.25, 0.3) is 0 Å². The van der Waals surface area contributed by atoms with Crippen LogP contribution >= 0.6 is 27.5 Å². The Morgan fingerprint density at radius 1 is 1.47 bits per heavy atom. The summed E-state index contributed by atoms with van der Waals surface area (Å²) in [7, 11) is 1.37. The molecule has 1 heterocycles. The quantitative estimate of drug-likeness (QED) is 0.801. The molecule has 1 aromatic carbocycles. The molecule has 0 spiro atoms. The van der Waals surface area contributed by atoms with Crippen LogP contribution in [0.4, 0.5) is 0 Å². The van der Waals surface area contributed by atoms with Crippen LogP contribution in [-0.4, -0.2) is 22.6 Å². The molecule has 0 aliphatic carbocycles. The van der Waals surface area contributed by atoms with Gasteiger partial charge in [-0.1, -0.05) is 27.5 Å². The van der Waals surface area contributed by atoms with Crippen LogP contribution in [0.15, 0.2) is 35.1 Å². The van der Waals surface area contributed by atoms with Gasteiger partial charge in [-0.05, 0) is 23.8 Å². The first-order valence-corrected chi connectivity index (χ1v) is 6.77. The second-order valence-electron chi connectivity index (χ2n) is 4.00. The average molecular weight is 344 g/mol. The number of imidazole rings is 1. The van der Waals surface area contributed by atoms with E-state index in [2.05, 4.69) is 25.7 Å². The number of benzene rings is 1. The van der Waals surface area contributed by atoms with E-state index in [0.29, 0.717) is 11.4 Å². The zero-order chi connectivity index (χ0) is 13.8. The molecule has 0 aliphatic rings. The highest BCUT2D eigenvalue weighted by atomic mass is 79.9. The molecule has 0 unspecified atom stereocenters. The number of nitrogens with zero attached hydrogens (tertiary/aromatic N) is 2. The average Bonchev–Trinajstić information content (AvgIpc) is 2.75. The van der Waals surface area contributed by atoms with Crippen molar-refractivity contribution >= 4 is 33.5 Å². The molecule has 0 fully saturated rings. The summed E-state index contributed by atoms with van der Waals surface area (Å²) in [5, 5.41) is 0.662. The molecule has 0 bridgehead atoms. The van der Waals surface area contributed by atoms with Crippen LogP contribution in [0, 0.1) is 0 Å². The zero-order valence-corrected chi connectivity index (χ0v) is 12.6. The van der Waals surface area contributed by atoms with E-state index in [1.165, 1.54) is 7.11 Å². The fourth-order valence-corrected chi connectivity index (χ4v) is 2.68. The topological polar surface area (TPSA) is 44.1 Å². The molecule has 2 aromatic rings. The fourth-order valence-electron chi connectivity index (χ4n) is 1.75. The van der Waals surface area contributed by atoms with Gasteiger partial charge in [0.2, 0.25) is 0 Å². The molecule has 19 heavy (non-hydrogen) atoms. The van der Waals surface area contributed by atoms with Gasteiger partial charge in [0.15, 0.2) is 0 Å². The van der Waals surface area contributed by atoms with Crippen molar-refractivity contribution in [2.24, 2.45) is 0 Å². The van der Waals surface area contributed by atoms with Crippen LogP contribution in [-0.2, 0) is 22.5 Å². The highest BCUT2D eigenvalue weighted by Crippen LogP contribution is 2.21. The van der Waals surface area contributed by atoms with Crippen molar-refractivity contribution in [3.8, 4) is 0 Å². The number of aromatic nitrogens is 2. The third-order valence-corrected chi connectivity index (χ3v) is 3.29. The van der Waals surface area contributed by atoms with Crippen LogP contribution in [0.1, 0.15) is 11.4 Å². The smallest absolute Gasteiger partial charge is 0.325 e. The molecule has 0 aliphatic heterocycles. The van der Waals surface area contributed by atoms with Crippen LogP contribution in [0.2, 0.25) is 5.02 Å². The van der Waals surface area contributed by atoms with Crippen LogP contribution < -0.4 is 0 Å². The van der Waals surface area contributed by atoms with Crippen molar-refractivity contribution < 1.29 is 9.53 Å². The second-order valence-corrected chi connectivity index (χ2v) is 5.35. The number of halogens is 2. The maximum absolute atomic E-state index is 11.3. The summed E-state index contributed by atoms with van der Waals surface area (Å²) < 4.78 is 7.33. The van der Waals surface area contributed by atoms with Gasteiger partial charge in [0.05, 0.1) is 7.11 Å². The minimum absolute atomic E-state index is 0.160. The number of hydrogen-bond acceptors (Lipinski definition) is 3. The van der Waals surface area contributed by atoms with Crippen LogP contribution in [0.25, 0.3) is 0 Å². The van der Waals surface area contributed by atoms with E-state index in [4.69, 9.17) is 11.6 Å². The number of ether oxygens (including phenoxy) is 1. The lowest BCUT2D eigenvalue weighted by molar-refractivity contribution is -0.141. The Balaban J connectivity index is 2.19. The summed E-state index contributed by atoms with van der Waals surface area (Å²) in [5.41, 5.74) is 1.02. The standard InChI is InChI=1S/C13H12BrClN2O2/c1-19-13(18)8-17-3-2-16-12(17)6-9-4-10(14)7-11(15)5-9/h2-5,7H,6,8H2,1H3. The maximum Gasteiger partial charge on any atom is 0.325 e. The highest BCUT2D eigenvalue weighted by molar-refractivity contribution is 9.10. The molecule has 2 rings (SSSR count). The Morgan fingerprint density at radius 3 is 2.95 bits per heavy atom. The lowest BCUT2D eigenvalue weighted by Gasteiger charge is -2.07. The van der Waals surface area contributed by atoms with E-state index in [0.717, 1.165) is 15.9 Å². The predicted molar refractivity (Wildman–Crippen MR) is 76.2 cm³/mol. The van der Waals surface area contributed by atoms with Gasteiger partial charge in [-0.15, -0.1) is 0 Å². The van der Waals surface area contributed by atoms with Crippen LogP contribution in [0.3, 0.4) is 0 Å². The number of carbonyl (C=O) groups excluding carboxylic acids is 1. The molecular weight excluding hydrogens is 332 g/mol. The van der Waals surface area contributed by atoms with Crippen molar-refractivity contribution in [1.82, 2.24) is 9.55 Å². The van der Waals surface area contributed by atoms with Gasteiger partial charge < -0.3 is 9.30 Å². The Bertz CT molecular complexity index is 578. The second kappa shape index (κ2) is 6.21. The molecule has 1 aromatic heterocycles. The largest absolute Gasteiger partial charge is 0.468 e. The molecule has 4 nitrogen and oxygen atoms in total. The number of carbonyl (C=O) groups is 1. The molecule has 0 N–H and O–H groups in total. The van der Waals surface area contributed by atoms with Crippen molar-refractivity contribution in [3.63, 3.8) is 0 Å². The van der Waals surface area contributed by atoms with E-state index < -0.39 is 0 Å². The fraction of sp³-hybridized carbons (Fsp3) is 0.231. The summed E-state index contributed by atoms with van der Waals surface area (Å²) in [6.45, 7) is 0.160. The molecule has 0 amide bonds. The lowest BCUT2D eigenvalue weighted by atomic mass is 10.1. The van der Waals surface area contributed by atoms with Gasteiger partial charge in [0, 0.05) is 28.3 Å². The minimum atomic E-state index is -0.300. The number of methoxy groups -OCH3 is 1. The summed E-state index contributed by atoms with van der Waals surface area (Å²) >= 11 is 9.41. The molecule has 6 heteroatoms. The zero-order valence-electron chi connectivity index (χ0n) is 10.3. The van der Waals surface area contributed by atoms with E-state index in [1.54, 1.807) is 17.0 Å². The van der Waals surface area contributed by atoms with Crippen molar-refractivity contribution in [2.75, 3.05) is 7.11 Å². The van der Waals surface area contributed by atoms with Gasteiger partial charge in [-0.25, -0.2) is 4.98 Å². The number of esters is 1. The summed E-state index contributed by atoms with van der Waals surface area (Å²) in [6, 6.07) is 5.68. The Morgan fingerprint density at radius 2 is 2.26 bits per heavy atom. The van der Waals surface area contributed by atoms with Crippen molar-refractivity contribution in [3.05, 3.63) is 51.5 Å². The first-order valence-electron chi connectivity index (χ1n) is 5.60.